The van der Waals surface area contributed by atoms with Crippen LogP contribution in [0.1, 0.15) is 62.6 Å². The second-order valence-corrected chi connectivity index (χ2v) is 14.5. The molecule has 12 heteroatoms. The van der Waals surface area contributed by atoms with Gasteiger partial charge in [-0.2, -0.15) is 0 Å². The van der Waals surface area contributed by atoms with Crippen molar-refractivity contribution in [1.82, 2.24) is 0 Å². The summed E-state index contributed by atoms with van der Waals surface area (Å²) >= 11 is 3.34. The highest BCUT2D eigenvalue weighted by molar-refractivity contribution is 9.10. The minimum atomic E-state index is -3.02. The first-order valence-electron chi connectivity index (χ1n) is 14.7. The maximum Gasteiger partial charge on any atom is 0.339 e. The van der Waals surface area contributed by atoms with Crippen LogP contribution in [0.25, 0.3) is 0 Å². The second-order valence-electron chi connectivity index (χ2n) is 13.6. The molecule has 3 aliphatic carbocycles. The number of esters is 3. The van der Waals surface area contributed by atoms with Gasteiger partial charge in [0, 0.05) is 15.5 Å². The first-order valence-corrected chi connectivity index (χ1v) is 15.5. The van der Waals surface area contributed by atoms with Gasteiger partial charge in [0.05, 0.1) is 29.1 Å². The molecule has 2 N–H and O–H groups in total. The molecule has 2 saturated heterocycles. The third-order valence-electron chi connectivity index (χ3n) is 11.2. The van der Waals surface area contributed by atoms with Crippen LogP contribution >= 0.6 is 15.9 Å². The maximum atomic E-state index is 14.8. The molecule has 3 fully saturated rings. The van der Waals surface area contributed by atoms with E-state index in [0.29, 0.717) is 22.9 Å². The SMILES string of the molecule is CC1(C)C(=O)[C@@]2(O)[C@H](OC(=O)c3ccc(Br)cc3)C3=CCC[C@]4(C)C3=C(C(=O)O[C@H]4c3ccoc3)[C@@]2(O)[C@@]2(C)OC(=O)[C@@H]3O[C@]312. The summed E-state index contributed by atoms with van der Waals surface area (Å²) in [7, 11) is 0. The van der Waals surface area contributed by atoms with E-state index in [0.717, 1.165) is 0 Å². The predicted molar refractivity (Wildman–Crippen MR) is 154 cm³/mol. The molecule has 2 aromatic rings. The van der Waals surface area contributed by atoms with Crippen LogP contribution in [0.2, 0.25) is 0 Å². The molecule has 8 rings (SSSR count). The van der Waals surface area contributed by atoms with Gasteiger partial charge >= 0.3 is 17.9 Å². The number of epoxide rings is 1. The topological polar surface area (TPSA) is 162 Å². The zero-order valence-corrected chi connectivity index (χ0v) is 26.3. The number of allylic oxidation sites excluding steroid dienone is 1. The highest BCUT2D eigenvalue weighted by atomic mass is 79.9. The summed E-state index contributed by atoms with van der Waals surface area (Å²) in [6.45, 7) is 6.16. The number of Topliss-reactive ketones (excluding diaryl/α,β-unsaturated/α-hetero) is 1. The number of hydrogen-bond donors (Lipinski definition) is 2. The second kappa shape index (κ2) is 8.41. The molecule has 0 amide bonds. The first-order chi connectivity index (χ1) is 21.1. The number of halogens is 1. The Morgan fingerprint density at radius 1 is 1.00 bits per heavy atom. The van der Waals surface area contributed by atoms with Crippen molar-refractivity contribution in [1.29, 1.82) is 0 Å². The fourth-order valence-electron chi connectivity index (χ4n) is 9.12. The fourth-order valence-corrected chi connectivity index (χ4v) is 9.38. The number of carbonyl (C=O) groups excluding carboxylic acids is 4. The third kappa shape index (κ3) is 2.94. The molecule has 8 atom stereocenters. The number of fused-ring (bicyclic) bond motifs is 3. The zero-order valence-electron chi connectivity index (χ0n) is 24.7. The summed E-state index contributed by atoms with van der Waals surface area (Å²) in [5.41, 5.74) is -11.9. The lowest BCUT2D eigenvalue weighted by molar-refractivity contribution is -0.293. The number of cyclic esters (lactones) is 1. The fraction of sp³-hybridized carbons (Fsp3) is 0.455. The summed E-state index contributed by atoms with van der Waals surface area (Å²) in [4.78, 5) is 56.0. The van der Waals surface area contributed by atoms with E-state index in [-0.39, 0.29) is 16.7 Å². The van der Waals surface area contributed by atoms with Crippen molar-refractivity contribution in [2.75, 3.05) is 0 Å². The standard InChI is InChI=1S/C33H29BrO11/c1-28(2)27(38)31(39)22(43-24(35)15-7-9-17(34)10-8-15)18-6-5-12-29(3)19(18)20(25(36)42-21(29)16-11-13-41-14-16)32(31,40)30(4)33(28)23(44-33)26(37)45-30/h6-11,13-14,21-23,39-40H,5,12H2,1-4H3/t21-,22+,23-,29+,30+,31-,32+,33+/m0/s1. The Morgan fingerprint density at radius 3 is 2.36 bits per heavy atom. The molecule has 3 aliphatic heterocycles. The largest absolute Gasteiger partial charge is 0.472 e. The number of ether oxygens (including phenoxy) is 4. The van der Waals surface area contributed by atoms with E-state index in [9.17, 15) is 29.4 Å². The van der Waals surface area contributed by atoms with E-state index in [4.69, 9.17) is 23.4 Å². The van der Waals surface area contributed by atoms with Crippen molar-refractivity contribution >= 4 is 39.6 Å². The maximum absolute atomic E-state index is 14.8. The molecule has 45 heavy (non-hydrogen) atoms. The van der Waals surface area contributed by atoms with Crippen LogP contribution in [0.5, 0.6) is 0 Å². The van der Waals surface area contributed by atoms with Gasteiger partial charge in [-0.25, -0.2) is 14.4 Å². The van der Waals surface area contributed by atoms with Crippen molar-refractivity contribution in [2.45, 2.75) is 81.3 Å². The van der Waals surface area contributed by atoms with E-state index < -0.39 is 80.8 Å². The van der Waals surface area contributed by atoms with Gasteiger partial charge in [-0.15, -0.1) is 0 Å². The minimum Gasteiger partial charge on any atom is -0.472 e. The van der Waals surface area contributed by atoms with Gasteiger partial charge in [-0.3, -0.25) is 4.79 Å². The van der Waals surface area contributed by atoms with Gasteiger partial charge in [0.1, 0.15) is 6.10 Å². The molecule has 0 radical (unpaired) electrons. The lowest BCUT2D eigenvalue weighted by Gasteiger charge is -2.65. The van der Waals surface area contributed by atoms with Gasteiger partial charge in [-0.05, 0) is 75.1 Å². The minimum absolute atomic E-state index is 0.117. The molecular formula is C33H29BrO11. The van der Waals surface area contributed by atoms with Gasteiger partial charge in [0.15, 0.2) is 34.8 Å². The van der Waals surface area contributed by atoms with Gasteiger partial charge in [0.2, 0.25) is 5.60 Å². The van der Waals surface area contributed by atoms with Crippen LogP contribution in [-0.2, 0) is 33.3 Å². The van der Waals surface area contributed by atoms with Crippen LogP contribution in [0.3, 0.4) is 0 Å². The Morgan fingerprint density at radius 2 is 1.71 bits per heavy atom. The van der Waals surface area contributed by atoms with Crippen LogP contribution < -0.4 is 0 Å². The van der Waals surface area contributed by atoms with Crippen molar-refractivity contribution < 1.29 is 52.8 Å². The number of carbonyl (C=O) groups is 4. The first kappa shape index (κ1) is 28.9. The molecule has 1 saturated carbocycles. The van der Waals surface area contributed by atoms with Gasteiger partial charge in [0.25, 0.3) is 0 Å². The number of aliphatic hydroxyl groups is 2. The molecule has 11 nitrogen and oxygen atoms in total. The summed E-state index contributed by atoms with van der Waals surface area (Å²) < 4.78 is 30.0. The molecule has 1 aromatic carbocycles. The average molecular weight is 681 g/mol. The van der Waals surface area contributed by atoms with Gasteiger partial charge in [-0.1, -0.05) is 28.9 Å². The monoisotopic (exact) mass is 680 g/mol. The Hall–Kier alpha value is -3.58. The van der Waals surface area contributed by atoms with Gasteiger partial charge < -0.3 is 33.6 Å². The van der Waals surface area contributed by atoms with Crippen molar-refractivity contribution in [3.8, 4) is 0 Å². The van der Waals surface area contributed by atoms with Crippen molar-refractivity contribution in [3.05, 3.63) is 81.3 Å². The zero-order chi connectivity index (χ0) is 32.1. The Bertz CT molecular complexity index is 1810. The highest BCUT2D eigenvalue weighted by Gasteiger charge is 2.98. The average Bonchev–Trinajstić information content (AvgIpc) is 3.48. The molecule has 234 valence electrons. The number of benzene rings is 1. The molecule has 1 aromatic heterocycles. The third-order valence-corrected chi connectivity index (χ3v) is 11.8. The molecule has 0 unspecified atom stereocenters. The molecule has 0 bridgehead atoms. The summed E-state index contributed by atoms with van der Waals surface area (Å²) in [6, 6.07) is 7.94. The van der Waals surface area contributed by atoms with Crippen LogP contribution in [0.4, 0.5) is 0 Å². The number of rotatable bonds is 3. The quantitative estimate of drug-likeness (QED) is 0.277. The van der Waals surface area contributed by atoms with Crippen LogP contribution in [-0.4, -0.2) is 68.5 Å². The van der Waals surface area contributed by atoms with E-state index in [2.05, 4.69) is 15.9 Å². The molecule has 1 spiro atoms. The van der Waals surface area contributed by atoms with E-state index in [1.807, 2.05) is 6.92 Å². The summed E-state index contributed by atoms with van der Waals surface area (Å²) in [5, 5.41) is 26.2. The smallest absolute Gasteiger partial charge is 0.339 e. The lowest BCUT2D eigenvalue weighted by atomic mass is 9.42. The Kier molecular flexibility index (Phi) is 5.39. The number of hydrogen-bond acceptors (Lipinski definition) is 11. The molecular weight excluding hydrogens is 652 g/mol. The Balaban J connectivity index is 1.43. The van der Waals surface area contributed by atoms with E-state index in [1.165, 1.54) is 45.4 Å². The van der Waals surface area contributed by atoms with Crippen LogP contribution in [0, 0.1) is 10.8 Å². The number of ketones is 1. The molecule has 6 aliphatic rings. The van der Waals surface area contributed by atoms with Crippen molar-refractivity contribution in [3.63, 3.8) is 0 Å². The van der Waals surface area contributed by atoms with E-state index in [1.54, 1.807) is 24.3 Å². The predicted octanol–water partition coefficient (Wildman–Crippen LogP) is 3.43. The lowest BCUT2D eigenvalue weighted by Crippen LogP contribution is -2.88. The number of furan rings is 1. The Labute approximate surface area is 265 Å². The van der Waals surface area contributed by atoms with Crippen LogP contribution in [0.15, 0.2) is 74.5 Å². The highest BCUT2D eigenvalue weighted by Crippen LogP contribution is 2.75. The summed E-state index contributed by atoms with van der Waals surface area (Å²) in [6.07, 6.45) is 1.50. The normalized spacial score (nSPS) is 42.0. The molecule has 4 heterocycles. The summed E-state index contributed by atoms with van der Waals surface area (Å²) in [5.74, 6) is -3.73. The van der Waals surface area contributed by atoms with E-state index >= 15 is 0 Å². The van der Waals surface area contributed by atoms with Crippen molar-refractivity contribution in [2.24, 2.45) is 10.8 Å².